The molecule has 0 atom stereocenters. The maximum Gasteiger partial charge on any atom is 0.223 e. The van der Waals surface area contributed by atoms with Gasteiger partial charge in [-0.1, -0.05) is 12.1 Å². The zero-order chi connectivity index (χ0) is 17.2. The number of nitrogens with zero attached hydrogens (tertiary/aromatic N) is 1. The second-order valence-electron chi connectivity index (χ2n) is 5.85. The van der Waals surface area contributed by atoms with E-state index >= 15 is 0 Å². The molecule has 0 aromatic heterocycles. The minimum Gasteiger partial charge on any atom is -0.497 e. The van der Waals surface area contributed by atoms with Gasteiger partial charge in [-0.25, -0.2) is 0 Å². The highest BCUT2D eigenvalue weighted by molar-refractivity contribution is 14.0. The number of amides is 1. The third-order valence-corrected chi connectivity index (χ3v) is 3.84. The van der Waals surface area contributed by atoms with Crippen LogP contribution in [0.2, 0.25) is 0 Å². The van der Waals surface area contributed by atoms with Crippen molar-refractivity contribution in [2.24, 2.45) is 10.9 Å². The van der Waals surface area contributed by atoms with Crippen LogP contribution in [0, 0.1) is 5.92 Å². The molecule has 1 amide bonds. The minimum atomic E-state index is 0. The highest BCUT2D eigenvalue weighted by Crippen LogP contribution is 2.28. The second-order valence-corrected chi connectivity index (χ2v) is 5.85. The molecule has 0 heterocycles. The molecule has 1 saturated carbocycles. The second kappa shape index (κ2) is 11.9. The number of rotatable bonds is 9. The van der Waals surface area contributed by atoms with Crippen molar-refractivity contribution >= 4 is 35.8 Å². The van der Waals surface area contributed by atoms with Crippen LogP contribution in [0.15, 0.2) is 29.3 Å². The van der Waals surface area contributed by atoms with E-state index in [1.807, 2.05) is 19.1 Å². The molecule has 0 saturated heterocycles. The number of benzene rings is 1. The van der Waals surface area contributed by atoms with Crippen LogP contribution in [0.1, 0.15) is 25.3 Å². The molecule has 0 spiro atoms. The molecule has 7 heteroatoms. The van der Waals surface area contributed by atoms with Gasteiger partial charge >= 0.3 is 0 Å². The third-order valence-electron chi connectivity index (χ3n) is 3.84. The van der Waals surface area contributed by atoms with Gasteiger partial charge < -0.3 is 20.7 Å². The van der Waals surface area contributed by atoms with Gasteiger partial charge in [-0.3, -0.25) is 9.79 Å². The van der Waals surface area contributed by atoms with E-state index in [0.29, 0.717) is 19.6 Å². The summed E-state index contributed by atoms with van der Waals surface area (Å²) in [4.78, 5) is 16.1. The van der Waals surface area contributed by atoms with Gasteiger partial charge in [0.05, 0.1) is 7.11 Å². The average Bonchev–Trinajstić information content (AvgIpc) is 3.44. The summed E-state index contributed by atoms with van der Waals surface area (Å²) in [5.74, 6) is 2.09. The lowest BCUT2D eigenvalue weighted by atomic mass is 10.1. The smallest absolute Gasteiger partial charge is 0.223 e. The molecule has 140 valence electrons. The van der Waals surface area contributed by atoms with Crippen molar-refractivity contribution < 1.29 is 9.53 Å². The minimum absolute atomic E-state index is 0. The van der Waals surface area contributed by atoms with Gasteiger partial charge in [-0.15, -0.1) is 24.0 Å². The van der Waals surface area contributed by atoms with Gasteiger partial charge in [0.25, 0.3) is 0 Å². The first kappa shape index (κ1) is 21.5. The number of hydrogen-bond acceptors (Lipinski definition) is 3. The highest BCUT2D eigenvalue weighted by Gasteiger charge is 2.28. The van der Waals surface area contributed by atoms with Crippen molar-refractivity contribution in [3.05, 3.63) is 29.8 Å². The summed E-state index contributed by atoms with van der Waals surface area (Å²) < 4.78 is 5.16. The van der Waals surface area contributed by atoms with Crippen LogP contribution in [0.3, 0.4) is 0 Å². The van der Waals surface area contributed by atoms with Crippen LogP contribution in [-0.2, 0) is 11.2 Å². The zero-order valence-electron chi connectivity index (χ0n) is 15.0. The molecule has 1 aromatic rings. The van der Waals surface area contributed by atoms with Gasteiger partial charge in [-0.05, 0) is 43.9 Å². The number of carbonyl (C=O) groups excluding carboxylic acids is 1. The molecule has 1 aliphatic rings. The maximum atomic E-state index is 11.6. The fraction of sp³-hybridized carbons (Fsp3) is 0.556. The Morgan fingerprint density at radius 3 is 2.44 bits per heavy atom. The Morgan fingerprint density at radius 2 is 1.84 bits per heavy atom. The molecule has 6 nitrogen and oxygen atoms in total. The zero-order valence-corrected chi connectivity index (χ0v) is 17.3. The normalized spacial score (nSPS) is 13.6. The molecule has 3 N–H and O–H groups in total. The van der Waals surface area contributed by atoms with Crippen molar-refractivity contribution in [3.63, 3.8) is 0 Å². The van der Waals surface area contributed by atoms with Crippen molar-refractivity contribution in [3.8, 4) is 5.75 Å². The molecular formula is C18H29IN4O2. The summed E-state index contributed by atoms with van der Waals surface area (Å²) in [5, 5.41) is 9.40. The number of guanidine groups is 1. The standard InChI is InChI=1S/C18H28N4O2.HI/c1-3-19-18(22-13-12-20-17(23)15-6-7-15)21-11-10-14-4-8-16(24-2)9-5-14;/h4-5,8-9,15H,3,6-7,10-13H2,1-2H3,(H,20,23)(H2,19,21,22);1H. The highest BCUT2D eigenvalue weighted by atomic mass is 127. The van der Waals surface area contributed by atoms with E-state index in [2.05, 4.69) is 33.1 Å². The molecule has 0 unspecified atom stereocenters. The van der Waals surface area contributed by atoms with Crippen LogP contribution in [0.4, 0.5) is 0 Å². The lowest BCUT2D eigenvalue weighted by Gasteiger charge is -2.12. The van der Waals surface area contributed by atoms with Gasteiger partial charge in [-0.2, -0.15) is 0 Å². The van der Waals surface area contributed by atoms with Crippen LogP contribution in [-0.4, -0.2) is 45.2 Å². The third kappa shape index (κ3) is 8.42. The summed E-state index contributed by atoms with van der Waals surface area (Å²) in [6.45, 7) is 4.85. The lowest BCUT2D eigenvalue weighted by Crippen LogP contribution is -2.41. The van der Waals surface area contributed by atoms with Gasteiger partial charge in [0, 0.05) is 32.1 Å². The SMILES string of the molecule is CCNC(=NCCc1ccc(OC)cc1)NCCNC(=O)C1CC1.I. The fourth-order valence-electron chi connectivity index (χ4n) is 2.29. The summed E-state index contributed by atoms with van der Waals surface area (Å²) in [6, 6.07) is 8.04. The number of hydrogen-bond donors (Lipinski definition) is 3. The van der Waals surface area contributed by atoms with Gasteiger partial charge in [0.15, 0.2) is 5.96 Å². The van der Waals surface area contributed by atoms with Crippen LogP contribution in [0.5, 0.6) is 5.75 Å². The maximum absolute atomic E-state index is 11.6. The molecule has 1 aromatic carbocycles. The summed E-state index contributed by atoms with van der Waals surface area (Å²) >= 11 is 0. The summed E-state index contributed by atoms with van der Waals surface area (Å²) in [7, 11) is 1.67. The van der Waals surface area contributed by atoms with Crippen LogP contribution < -0.4 is 20.7 Å². The Kier molecular flexibility index (Phi) is 10.3. The van der Waals surface area contributed by atoms with Crippen LogP contribution in [0.25, 0.3) is 0 Å². The van der Waals surface area contributed by atoms with E-state index in [-0.39, 0.29) is 35.8 Å². The van der Waals surface area contributed by atoms with E-state index in [1.54, 1.807) is 7.11 Å². The molecule has 2 rings (SSSR count). The van der Waals surface area contributed by atoms with E-state index in [9.17, 15) is 4.79 Å². The number of methoxy groups -OCH3 is 1. The van der Waals surface area contributed by atoms with E-state index in [0.717, 1.165) is 37.5 Å². The number of aliphatic imine (C=N–C) groups is 1. The fourth-order valence-corrected chi connectivity index (χ4v) is 2.29. The number of halogens is 1. The van der Waals surface area contributed by atoms with Gasteiger partial charge in [0.2, 0.25) is 5.91 Å². The molecule has 25 heavy (non-hydrogen) atoms. The lowest BCUT2D eigenvalue weighted by molar-refractivity contribution is -0.122. The predicted molar refractivity (Wildman–Crippen MR) is 112 cm³/mol. The molecule has 0 radical (unpaired) electrons. The molecular weight excluding hydrogens is 431 g/mol. The summed E-state index contributed by atoms with van der Waals surface area (Å²) in [5.41, 5.74) is 1.23. The first-order valence-electron chi connectivity index (χ1n) is 8.65. The number of carbonyl (C=O) groups is 1. The van der Waals surface area contributed by atoms with Crippen molar-refractivity contribution in [1.82, 2.24) is 16.0 Å². The molecule has 0 bridgehead atoms. The number of ether oxygens (including phenoxy) is 1. The van der Waals surface area contributed by atoms with Crippen molar-refractivity contribution in [2.45, 2.75) is 26.2 Å². The Hall–Kier alpha value is -1.51. The van der Waals surface area contributed by atoms with Crippen molar-refractivity contribution in [1.29, 1.82) is 0 Å². The monoisotopic (exact) mass is 460 g/mol. The largest absolute Gasteiger partial charge is 0.497 e. The van der Waals surface area contributed by atoms with Crippen LogP contribution >= 0.6 is 24.0 Å². The molecule has 0 aliphatic heterocycles. The first-order chi connectivity index (χ1) is 11.7. The van der Waals surface area contributed by atoms with E-state index in [4.69, 9.17) is 4.74 Å². The Morgan fingerprint density at radius 1 is 1.16 bits per heavy atom. The van der Waals surface area contributed by atoms with Gasteiger partial charge in [0.1, 0.15) is 5.75 Å². The summed E-state index contributed by atoms with van der Waals surface area (Å²) in [6.07, 6.45) is 2.95. The quantitative estimate of drug-likeness (QED) is 0.228. The van der Waals surface area contributed by atoms with E-state index < -0.39 is 0 Å². The van der Waals surface area contributed by atoms with Crippen molar-refractivity contribution in [2.75, 3.05) is 33.3 Å². The Bertz CT molecular complexity index is 545. The topological polar surface area (TPSA) is 74.8 Å². The number of nitrogens with one attached hydrogen (secondary N) is 3. The predicted octanol–water partition coefficient (Wildman–Crippen LogP) is 1.94. The van der Waals surface area contributed by atoms with E-state index in [1.165, 1.54) is 5.56 Å². The first-order valence-corrected chi connectivity index (χ1v) is 8.65. The molecule has 1 fully saturated rings. The average molecular weight is 460 g/mol. The Labute approximate surface area is 167 Å². The molecule has 1 aliphatic carbocycles. The Balaban J connectivity index is 0.00000312.